The standard InChI is InChI=1S/C16H18N2O2/c1-19-13-7-3-11(4-8-13)15(17)16(18)12-5-9-14(20-2)10-6-12/h3-10H,17-18H2,1-2H3. The molecule has 0 aliphatic carbocycles. The van der Waals surface area contributed by atoms with Crippen molar-refractivity contribution in [1.29, 1.82) is 0 Å². The van der Waals surface area contributed by atoms with Gasteiger partial charge in [-0.05, 0) is 59.7 Å². The Hall–Kier alpha value is -2.62. The largest absolute Gasteiger partial charge is 0.497 e. The molecule has 0 aliphatic rings. The lowest BCUT2D eigenvalue weighted by molar-refractivity contribution is 0.414. The average Bonchev–Trinajstić information content (AvgIpc) is 2.53. The van der Waals surface area contributed by atoms with E-state index in [0.29, 0.717) is 11.4 Å². The molecule has 2 aromatic rings. The Morgan fingerprint density at radius 3 is 1.20 bits per heavy atom. The van der Waals surface area contributed by atoms with Crippen LogP contribution in [0.1, 0.15) is 11.1 Å². The van der Waals surface area contributed by atoms with Crippen molar-refractivity contribution in [3.8, 4) is 11.5 Å². The van der Waals surface area contributed by atoms with E-state index in [2.05, 4.69) is 0 Å². The molecule has 0 heterocycles. The molecule has 0 amide bonds. The molecule has 0 fully saturated rings. The van der Waals surface area contributed by atoms with Crippen molar-refractivity contribution in [1.82, 2.24) is 0 Å². The van der Waals surface area contributed by atoms with Gasteiger partial charge in [0.1, 0.15) is 11.5 Å². The molecular formula is C16H18N2O2. The van der Waals surface area contributed by atoms with E-state index in [1.165, 1.54) is 0 Å². The maximum atomic E-state index is 6.12. The SMILES string of the molecule is COc1ccc(C(N)=C(N)c2ccc(OC)cc2)cc1. The molecule has 4 nitrogen and oxygen atoms in total. The van der Waals surface area contributed by atoms with Gasteiger partial charge in [0.15, 0.2) is 0 Å². The second-order valence-corrected chi connectivity index (χ2v) is 4.28. The topological polar surface area (TPSA) is 70.5 Å². The van der Waals surface area contributed by atoms with Gasteiger partial charge in [0.25, 0.3) is 0 Å². The normalized spacial score (nSPS) is 11.7. The molecule has 0 saturated carbocycles. The van der Waals surface area contributed by atoms with Crippen molar-refractivity contribution in [2.45, 2.75) is 0 Å². The Balaban J connectivity index is 2.32. The van der Waals surface area contributed by atoms with Crippen LogP contribution in [0.15, 0.2) is 48.5 Å². The molecule has 0 bridgehead atoms. The third kappa shape index (κ3) is 2.85. The van der Waals surface area contributed by atoms with E-state index in [4.69, 9.17) is 20.9 Å². The van der Waals surface area contributed by atoms with Crippen molar-refractivity contribution in [3.05, 3.63) is 59.7 Å². The monoisotopic (exact) mass is 270 g/mol. The molecule has 0 unspecified atom stereocenters. The third-order valence-electron chi connectivity index (χ3n) is 3.09. The highest BCUT2D eigenvalue weighted by Gasteiger charge is 2.06. The summed E-state index contributed by atoms with van der Waals surface area (Å²) in [4.78, 5) is 0. The Morgan fingerprint density at radius 2 is 0.950 bits per heavy atom. The lowest BCUT2D eigenvalue weighted by Gasteiger charge is -2.09. The van der Waals surface area contributed by atoms with Crippen LogP contribution in [0.4, 0.5) is 0 Å². The zero-order valence-corrected chi connectivity index (χ0v) is 11.6. The van der Waals surface area contributed by atoms with Crippen LogP contribution in [0.25, 0.3) is 11.4 Å². The first kappa shape index (κ1) is 13.8. The van der Waals surface area contributed by atoms with Crippen LogP contribution in [0.3, 0.4) is 0 Å². The predicted molar refractivity (Wildman–Crippen MR) is 81.2 cm³/mol. The number of ether oxygens (including phenoxy) is 2. The summed E-state index contributed by atoms with van der Waals surface area (Å²) in [7, 11) is 3.25. The van der Waals surface area contributed by atoms with Crippen LogP contribution in [0.2, 0.25) is 0 Å². The smallest absolute Gasteiger partial charge is 0.118 e. The number of rotatable bonds is 4. The molecule has 0 aliphatic heterocycles. The molecule has 0 saturated heterocycles. The minimum Gasteiger partial charge on any atom is -0.497 e. The second-order valence-electron chi connectivity index (χ2n) is 4.28. The van der Waals surface area contributed by atoms with Gasteiger partial charge >= 0.3 is 0 Å². The van der Waals surface area contributed by atoms with E-state index in [1.807, 2.05) is 48.5 Å². The quantitative estimate of drug-likeness (QED) is 0.837. The Morgan fingerprint density at radius 1 is 0.650 bits per heavy atom. The fourth-order valence-electron chi connectivity index (χ4n) is 1.85. The van der Waals surface area contributed by atoms with Gasteiger partial charge in [0, 0.05) is 0 Å². The van der Waals surface area contributed by atoms with Crippen molar-refractivity contribution in [3.63, 3.8) is 0 Å². The van der Waals surface area contributed by atoms with Gasteiger partial charge in [-0.1, -0.05) is 0 Å². The molecule has 2 aromatic carbocycles. The summed E-state index contributed by atoms with van der Waals surface area (Å²) in [5.74, 6) is 1.56. The maximum absolute atomic E-state index is 6.12. The van der Waals surface area contributed by atoms with Gasteiger partial charge in [-0.15, -0.1) is 0 Å². The van der Waals surface area contributed by atoms with Gasteiger partial charge in [0.2, 0.25) is 0 Å². The molecule has 4 heteroatoms. The van der Waals surface area contributed by atoms with Crippen LogP contribution < -0.4 is 20.9 Å². The lowest BCUT2D eigenvalue weighted by atomic mass is 10.1. The molecule has 0 radical (unpaired) electrons. The number of methoxy groups -OCH3 is 2. The summed E-state index contributed by atoms with van der Waals surface area (Å²) in [6, 6.07) is 14.9. The fourth-order valence-corrected chi connectivity index (χ4v) is 1.85. The van der Waals surface area contributed by atoms with Crippen LogP contribution >= 0.6 is 0 Å². The number of hydrogen-bond donors (Lipinski definition) is 2. The van der Waals surface area contributed by atoms with E-state index in [1.54, 1.807) is 14.2 Å². The second kappa shape index (κ2) is 6.02. The lowest BCUT2D eigenvalue weighted by Crippen LogP contribution is -2.07. The molecule has 0 spiro atoms. The summed E-state index contributed by atoms with van der Waals surface area (Å²) in [5, 5.41) is 0. The van der Waals surface area contributed by atoms with Crippen LogP contribution in [0.5, 0.6) is 11.5 Å². The number of hydrogen-bond acceptors (Lipinski definition) is 4. The van der Waals surface area contributed by atoms with Crippen molar-refractivity contribution < 1.29 is 9.47 Å². The Kier molecular flexibility index (Phi) is 4.15. The van der Waals surface area contributed by atoms with E-state index in [-0.39, 0.29) is 0 Å². The summed E-state index contributed by atoms with van der Waals surface area (Å²) in [6.45, 7) is 0. The highest BCUT2D eigenvalue weighted by Crippen LogP contribution is 2.22. The first-order chi connectivity index (χ1) is 9.65. The van der Waals surface area contributed by atoms with E-state index in [9.17, 15) is 0 Å². The number of benzene rings is 2. The van der Waals surface area contributed by atoms with E-state index >= 15 is 0 Å². The van der Waals surface area contributed by atoms with Crippen molar-refractivity contribution in [2.24, 2.45) is 11.5 Å². The molecule has 4 N–H and O–H groups in total. The van der Waals surface area contributed by atoms with Gasteiger partial charge in [-0.2, -0.15) is 0 Å². The third-order valence-corrected chi connectivity index (χ3v) is 3.09. The van der Waals surface area contributed by atoms with E-state index in [0.717, 1.165) is 22.6 Å². The summed E-state index contributed by atoms with van der Waals surface area (Å²) in [6.07, 6.45) is 0. The van der Waals surface area contributed by atoms with Gasteiger partial charge in [-0.3, -0.25) is 0 Å². The zero-order chi connectivity index (χ0) is 14.5. The summed E-state index contributed by atoms with van der Waals surface area (Å²) >= 11 is 0. The highest BCUT2D eigenvalue weighted by atomic mass is 16.5. The minimum absolute atomic E-state index is 0.540. The number of nitrogens with two attached hydrogens (primary N) is 2. The fraction of sp³-hybridized carbons (Fsp3) is 0.125. The first-order valence-corrected chi connectivity index (χ1v) is 6.19. The zero-order valence-electron chi connectivity index (χ0n) is 11.6. The average molecular weight is 270 g/mol. The maximum Gasteiger partial charge on any atom is 0.118 e. The van der Waals surface area contributed by atoms with Crippen LogP contribution in [-0.4, -0.2) is 14.2 Å². The Bertz CT molecular complexity index is 546. The summed E-state index contributed by atoms with van der Waals surface area (Å²) < 4.78 is 10.2. The molecule has 104 valence electrons. The van der Waals surface area contributed by atoms with Crippen LogP contribution in [-0.2, 0) is 0 Å². The van der Waals surface area contributed by atoms with Crippen LogP contribution in [0, 0.1) is 0 Å². The predicted octanol–water partition coefficient (Wildman–Crippen LogP) is 2.45. The molecule has 2 rings (SSSR count). The minimum atomic E-state index is 0.540. The summed E-state index contributed by atoms with van der Waals surface area (Å²) in [5.41, 5.74) is 15.0. The first-order valence-electron chi connectivity index (χ1n) is 6.19. The molecule has 0 aromatic heterocycles. The van der Waals surface area contributed by atoms with E-state index < -0.39 is 0 Å². The van der Waals surface area contributed by atoms with Gasteiger partial charge < -0.3 is 20.9 Å². The molecular weight excluding hydrogens is 252 g/mol. The molecule has 0 atom stereocenters. The molecule has 20 heavy (non-hydrogen) atoms. The Labute approximate surface area is 118 Å². The van der Waals surface area contributed by atoms with Crippen molar-refractivity contribution >= 4 is 11.4 Å². The van der Waals surface area contributed by atoms with Crippen molar-refractivity contribution in [2.75, 3.05) is 14.2 Å². The van der Waals surface area contributed by atoms with Gasteiger partial charge in [-0.25, -0.2) is 0 Å². The van der Waals surface area contributed by atoms with Gasteiger partial charge in [0.05, 0.1) is 25.6 Å². The highest BCUT2D eigenvalue weighted by molar-refractivity contribution is 5.87.